The van der Waals surface area contributed by atoms with Gasteiger partial charge in [0.25, 0.3) is 0 Å². The van der Waals surface area contributed by atoms with Crippen molar-refractivity contribution in [2.24, 2.45) is 4.99 Å². The van der Waals surface area contributed by atoms with Gasteiger partial charge in [-0.3, -0.25) is 4.99 Å². The summed E-state index contributed by atoms with van der Waals surface area (Å²) in [7, 11) is 1.76. The van der Waals surface area contributed by atoms with Crippen molar-refractivity contribution in [3.63, 3.8) is 0 Å². The van der Waals surface area contributed by atoms with Gasteiger partial charge in [-0.05, 0) is 30.2 Å². The molecule has 0 aliphatic rings. The van der Waals surface area contributed by atoms with Crippen LogP contribution in [0.1, 0.15) is 16.7 Å². The SMILES string of the molecule is CN=C(NCCOc1ccc(C)cc1)NCc1cccc(Cn2cncn2)c1. The van der Waals surface area contributed by atoms with Crippen LogP contribution in [-0.2, 0) is 13.1 Å². The summed E-state index contributed by atoms with van der Waals surface area (Å²) in [5.41, 5.74) is 3.58. The van der Waals surface area contributed by atoms with Gasteiger partial charge >= 0.3 is 0 Å². The lowest BCUT2D eigenvalue weighted by atomic mass is 10.1. The summed E-state index contributed by atoms with van der Waals surface area (Å²) in [4.78, 5) is 8.23. The predicted molar refractivity (Wildman–Crippen MR) is 110 cm³/mol. The molecule has 0 saturated heterocycles. The molecular formula is C21H26N6O. The summed E-state index contributed by atoms with van der Waals surface area (Å²) >= 11 is 0. The number of nitrogens with zero attached hydrogens (tertiary/aromatic N) is 4. The standard InChI is InChI=1S/C21H26N6O/c1-17-6-8-20(9-7-17)28-11-10-24-21(22-2)25-13-18-4-3-5-19(12-18)14-27-16-23-15-26-27/h3-9,12,15-16H,10-11,13-14H2,1-2H3,(H2,22,24,25). The number of aryl methyl sites for hydroxylation is 1. The molecule has 2 aromatic carbocycles. The molecule has 2 N–H and O–H groups in total. The van der Waals surface area contributed by atoms with Crippen molar-refractivity contribution in [1.82, 2.24) is 25.4 Å². The van der Waals surface area contributed by atoms with Gasteiger partial charge in [0.05, 0.1) is 13.1 Å². The summed E-state index contributed by atoms with van der Waals surface area (Å²) in [5, 5.41) is 10.7. The average Bonchev–Trinajstić information content (AvgIpc) is 3.22. The molecule has 0 radical (unpaired) electrons. The van der Waals surface area contributed by atoms with Gasteiger partial charge in [0, 0.05) is 13.6 Å². The fourth-order valence-corrected chi connectivity index (χ4v) is 2.72. The predicted octanol–water partition coefficient (Wildman–Crippen LogP) is 2.38. The van der Waals surface area contributed by atoms with Crippen LogP contribution in [0.15, 0.2) is 66.2 Å². The number of hydrogen-bond acceptors (Lipinski definition) is 4. The van der Waals surface area contributed by atoms with Crippen molar-refractivity contribution in [3.8, 4) is 5.75 Å². The quantitative estimate of drug-likeness (QED) is 0.358. The van der Waals surface area contributed by atoms with Gasteiger partial charge in [0.1, 0.15) is 25.0 Å². The van der Waals surface area contributed by atoms with Crippen molar-refractivity contribution in [3.05, 3.63) is 77.9 Å². The van der Waals surface area contributed by atoms with E-state index < -0.39 is 0 Å². The number of nitrogens with one attached hydrogen (secondary N) is 2. The number of aromatic nitrogens is 3. The van der Waals surface area contributed by atoms with Crippen LogP contribution in [0.2, 0.25) is 0 Å². The number of benzene rings is 2. The number of rotatable bonds is 8. The highest BCUT2D eigenvalue weighted by atomic mass is 16.5. The van der Waals surface area contributed by atoms with Crippen LogP contribution < -0.4 is 15.4 Å². The Hall–Kier alpha value is -3.35. The topological polar surface area (TPSA) is 76.4 Å². The molecule has 0 fully saturated rings. The minimum Gasteiger partial charge on any atom is -0.492 e. The van der Waals surface area contributed by atoms with E-state index in [0.717, 1.165) is 11.7 Å². The molecule has 0 unspecified atom stereocenters. The van der Waals surface area contributed by atoms with Crippen LogP contribution in [0.25, 0.3) is 0 Å². The first kappa shape index (κ1) is 19.4. The summed E-state index contributed by atoms with van der Waals surface area (Å²) in [6.07, 6.45) is 3.26. The molecule has 146 valence electrons. The lowest BCUT2D eigenvalue weighted by Gasteiger charge is -2.13. The van der Waals surface area contributed by atoms with Crippen molar-refractivity contribution in [1.29, 1.82) is 0 Å². The molecule has 1 aromatic heterocycles. The maximum Gasteiger partial charge on any atom is 0.191 e. The molecule has 0 aliphatic carbocycles. The van der Waals surface area contributed by atoms with Gasteiger partial charge in [0.15, 0.2) is 5.96 Å². The summed E-state index contributed by atoms with van der Waals surface area (Å²) < 4.78 is 7.53. The number of hydrogen-bond donors (Lipinski definition) is 2. The number of ether oxygens (including phenoxy) is 1. The lowest BCUT2D eigenvalue weighted by Crippen LogP contribution is -2.38. The Labute approximate surface area is 165 Å². The molecule has 0 spiro atoms. The third-order valence-corrected chi connectivity index (χ3v) is 4.17. The molecule has 0 saturated carbocycles. The zero-order valence-electron chi connectivity index (χ0n) is 16.3. The van der Waals surface area contributed by atoms with E-state index in [4.69, 9.17) is 4.74 Å². The molecule has 0 bridgehead atoms. The number of aliphatic imine (C=N–C) groups is 1. The summed E-state index contributed by atoms with van der Waals surface area (Å²) in [6.45, 7) is 4.68. The van der Waals surface area contributed by atoms with E-state index in [1.165, 1.54) is 16.7 Å². The van der Waals surface area contributed by atoms with Gasteiger partial charge in [-0.25, -0.2) is 9.67 Å². The van der Waals surface area contributed by atoms with Gasteiger partial charge in [-0.1, -0.05) is 42.0 Å². The Morgan fingerprint density at radius 3 is 2.68 bits per heavy atom. The lowest BCUT2D eigenvalue weighted by molar-refractivity contribution is 0.322. The number of guanidine groups is 1. The largest absolute Gasteiger partial charge is 0.492 e. The van der Waals surface area contributed by atoms with Gasteiger partial charge in [-0.15, -0.1) is 0 Å². The maximum atomic E-state index is 5.73. The van der Waals surface area contributed by atoms with Gasteiger partial charge in [-0.2, -0.15) is 5.10 Å². The molecule has 7 nitrogen and oxygen atoms in total. The summed E-state index contributed by atoms with van der Waals surface area (Å²) in [6, 6.07) is 16.4. The second kappa shape index (κ2) is 10.1. The molecule has 28 heavy (non-hydrogen) atoms. The first-order valence-electron chi connectivity index (χ1n) is 9.27. The van der Waals surface area contributed by atoms with E-state index in [2.05, 4.69) is 56.9 Å². The second-order valence-corrected chi connectivity index (χ2v) is 6.43. The first-order chi connectivity index (χ1) is 13.7. The van der Waals surface area contributed by atoms with Crippen LogP contribution in [0.5, 0.6) is 5.75 Å². The molecule has 3 aromatic rings. The summed E-state index contributed by atoms with van der Waals surface area (Å²) in [5.74, 6) is 1.62. The van der Waals surface area contributed by atoms with Crippen molar-refractivity contribution in [2.45, 2.75) is 20.0 Å². The van der Waals surface area contributed by atoms with E-state index >= 15 is 0 Å². The molecule has 0 amide bonds. The molecule has 0 aliphatic heterocycles. The van der Waals surface area contributed by atoms with Crippen LogP contribution in [0, 0.1) is 6.92 Å². The van der Waals surface area contributed by atoms with Crippen LogP contribution in [-0.4, -0.2) is 40.9 Å². The highest BCUT2D eigenvalue weighted by Crippen LogP contribution is 2.10. The van der Waals surface area contributed by atoms with E-state index in [-0.39, 0.29) is 0 Å². The second-order valence-electron chi connectivity index (χ2n) is 6.43. The van der Waals surface area contributed by atoms with Crippen molar-refractivity contribution in [2.75, 3.05) is 20.2 Å². The molecule has 0 atom stereocenters. The molecule has 3 rings (SSSR count). The fraction of sp³-hybridized carbons (Fsp3) is 0.286. The third-order valence-electron chi connectivity index (χ3n) is 4.17. The normalized spacial score (nSPS) is 11.3. The van der Waals surface area contributed by atoms with Crippen molar-refractivity contribution >= 4 is 5.96 Å². The highest BCUT2D eigenvalue weighted by Gasteiger charge is 2.01. The van der Waals surface area contributed by atoms with Crippen LogP contribution in [0.4, 0.5) is 0 Å². The van der Waals surface area contributed by atoms with Crippen LogP contribution >= 0.6 is 0 Å². The Morgan fingerprint density at radius 1 is 1.11 bits per heavy atom. The fourth-order valence-electron chi connectivity index (χ4n) is 2.72. The van der Waals surface area contributed by atoms with Gasteiger partial charge in [0.2, 0.25) is 0 Å². The zero-order valence-corrected chi connectivity index (χ0v) is 16.3. The highest BCUT2D eigenvalue weighted by molar-refractivity contribution is 5.79. The zero-order chi connectivity index (χ0) is 19.6. The first-order valence-corrected chi connectivity index (χ1v) is 9.27. The monoisotopic (exact) mass is 378 g/mol. The van der Waals surface area contributed by atoms with E-state index in [9.17, 15) is 0 Å². The molecule has 7 heteroatoms. The smallest absolute Gasteiger partial charge is 0.191 e. The van der Waals surface area contributed by atoms with Gasteiger partial charge < -0.3 is 15.4 Å². The van der Waals surface area contributed by atoms with E-state index in [1.54, 1.807) is 24.4 Å². The maximum absolute atomic E-state index is 5.73. The Balaban J connectivity index is 1.41. The van der Waals surface area contributed by atoms with Crippen molar-refractivity contribution < 1.29 is 4.74 Å². The average molecular weight is 378 g/mol. The minimum atomic E-state index is 0.567. The Bertz CT molecular complexity index is 874. The van der Waals surface area contributed by atoms with Crippen LogP contribution in [0.3, 0.4) is 0 Å². The Morgan fingerprint density at radius 2 is 1.93 bits per heavy atom. The molecular weight excluding hydrogens is 352 g/mol. The third kappa shape index (κ3) is 6.12. The van der Waals surface area contributed by atoms with E-state index in [1.807, 2.05) is 24.3 Å². The minimum absolute atomic E-state index is 0.567. The van der Waals surface area contributed by atoms with E-state index in [0.29, 0.717) is 26.2 Å². The Kier molecular flexibility index (Phi) is 7.01. The molecule has 1 heterocycles.